The molecule has 1 aromatic rings. The van der Waals surface area contributed by atoms with Gasteiger partial charge in [0.1, 0.15) is 6.54 Å². The van der Waals surface area contributed by atoms with Crippen molar-refractivity contribution in [3.8, 4) is 0 Å². The molecule has 1 aromatic carbocycles. The summed E-state index contributed by atoms with van der Waals surface area (Å²) in [4.78, 5) is 21.8. The highest BCUT2D eigenvalue weighted by atomic mass is 19.4. The lowest BCUT2D eigenvalue weighted by atomic mass is 10.1. The average Bonchev–Trinajstić information content (AvgIpc) is 2.35. The molecular formula is C12H13F3N2O3. The maximum absolute atomic E-state index is 12.5. The van der Waals surface area contributed by atoms with Crippen molar-refractivity contribution >= 4 is 17.7 Å². The first-order valence-corrected chi connectivity index (χ1v) is 5.83. The molecule has 8 heteroatoms. The number of nitro groups is 1. The van der Waals surface area contributed by atoms with Crippen LogP contribution < -0.4 is 4.90 Å². The van der Waals surface area contributed by atoms with Gasteiger partial charge in [0.2, 0.25) is 0 Å². The van der Waals surface area contributed by atoms with E-state index in [0.717, 1.165) is 17.0 Å². The molecule has 20 heavy (non-hydrogen) atoms. The molecule has 0 saturated carbocycles. The Bertz CT molecular complexity index is 503. The van der Waals surface area contributed by atoms with Crippen molar-refractivity contribution in [2.45, 2.75) is 19.5 Å². The molecule has 0 aliphatic heterocycles. The van der Waals surface area contributed by atoms with E-state index in [1.54, 1.807) is 6.92 Å². The maximum Gasteiger partial charge on any atom is 0.405 e. The van der Waals surface area contributed by atoms with Crippen LogP contribution in [0, 0.1) is 10.1 Å². The van der Waals surface area contributed by atoms with E-state index in [0.29, 0.717) is 6.42 Å². The van der Waals surface area contributed by atoms with Crippen molar-refractivity contribution < 1.29 is 22.9 Å². The van der Waals surface area contributed by atoms with E-state index in [-0.39, 0.29) is 24.1 Å². The van der Waals surface area contributed by atoms with E-state index >= 15 is 0 Å². The number of nitro benzene ring substituents is 1. The quantitative estimate of drug-likeness (QED) is 0.458. The standard InChI is InChI=1S/C12H13F3N2O3/c1-2-5-16(8-12(13,14)15)10-3-4-11(17(19)20)9(6-10)7-18/h3-4,6-7H,2,5,8H2,1H3. The minimum absolute atomic E-state index is 0.135. The highest BCUT2D eigenvalue weighted by Crippen LogP contribution is 2.27. The third kappa shape index (κ3) is 4.22. The van der Waals surface area contributed by atoms with Crippen LogP contribution in [0.2, 0.25) is 0 Å². The van der Waals surface area contributed by atoms with Gasteiger partial charge in [-0.3, -0.25) is 14.9 Å². The summed E-state index contributed by atoms with van der Waals surface area (Å²) in [5.41, 5.74) is -0.528. The number of carbonyl (C=O) groups is 1. The van der Waals surface area contributed by atoms with Gasteiger partial charge in [-0.2, -0.15) is 13.2 Å². The number of benzene rings is 1. The van der Waals surface area contributed by atoms with Gasteiger partial charge in [0, 0.05) is 18.3 Å². The van der Waals surface area contributed by atoms with Crippen LogP contribution in [0.1, 0.15) is 23.7 Å². The summed E-state index contributed by atoms with van der Waals surface area (Å²) in [5, 5.41) is 10.7. The van der Waals surface area contributed by atoms with Crippen LogP contribution in [0.15, 0.2) is 18.2 Å². The molecule has 0 heterocycles. The molecule has 0 fully saturated rings. The summed E-state index contributed by atoms with van der Waals surface area (Å²) in [6.07, 6.45) is -3.65. The summed E-state index contributed by atoms with van der Waals surface area (Å²) in [5.74, 6) is 0. The van der Waals surface area contributed by atoms with Gasteiger partial charge in [-0.05, 0) is 18.6 Å². The zero-order chi connectivity index (χ0) is 15.3. The number of halogens is 3. The molecule has 0 N–H and O–H groups in total. The number of hydrogen-bond acceptors (Lipinski definition) is 4. The molecular weight excluding hydrogens is 277 g/mol. The number of aldehydes is 1. The fourth-order valence-electron chi connectivity index (χ4n) is 1.79. The second-order valence-corrected chi connectivity index (χ2v) is 4.15. The minimum atomic E-state index is -4.39. The zero-order valence-corrected chi connectivity index (χ0v) is 10.7. The largest absolute Gasteiger partial charge is 0.405 e. The first-order valence-electron chi connectivity index (χ1n) is 5.83. The third-order valence-corrected chi connectivity index (χ3v) is 2.56. The number of hydrogen-bond donors (Lipinski definition) is 0. The second-order valence-electron chi connectivity index (χ2n) is 4.15. The first-order chi connectivity index (χ1) is 9.28. The van der Waals surface area contributed by atoms with Crippen molar-refractivity contribution in [3.05, 3.63) is 33.9 Å². The van der Waals surface area contributed by atoms with Gasteiger partial charge in [0.25, 0.3) is 5.69 Å². The minimum Gasteiger partial charge on any atom is -0.363 e. The Morgan fingerprint density at radius 3 is 2.50 bits per heavy atom. The van der Waals surface area contributed by atoms with Gasteiger partial charge >= 0.3 is 6.18 Å². The third-order valence-electron chi connectivity index (χ3n) is 2.56. The molecule has 0 unspecified atom stereocenters. The van der Waals surface area contributed by atoms with Gasteiger partial charge in [0.05, 0.1) is 10.5 Å². The molecule has 5 nitrogen and oxygen atoms in total. The number of anilines is 1. The monoisotopic (exact) mass is 290 g/mol. The molecule has 0 saturated heterocycles. The number of rotatable bonds is 6. The zero-order valence-electron chi connectivity index (χ0n) is 10.7. The van der Waals surface area contributed by atoms with Gasteiger partial charge < -0.3 is 4.90 Å². The predicted molar refractivity (Wildman–Crippen MR) is 67.0 cm³/mol. The van der Waals surface area contributed by atoms with E-state index in [2.05, 4.69) is 0 Å². The van der Waals surface area contributed by atoms with Crippen LogP contribution in [0.3, 0.4) is 0 Å². The fraction of sp³-hybridized carbons (Fsp3) is 0.417. The molecule has 0 amide bonds. The van der Waals surface area contributed by atoms with E-state index < -0.39 is 23.3 Å². The Kier molecular flexibility index (Phi) is 5.06. The van der Waals surface area contributed by atoms with Crippen LogP contribution in [0.4, 0.5) is 24.5 Å². The predicted octanol–water partition coefficient (Wildman–Crippen LogP) is 3.19. The van der Waals surface area contributed by atoms with Gasteiger partial charge in [-0.25, -0.2) is 0 Å². The Labute approximate surface area is 113 Å². The summed E-state index contributed by atoms with van der Waals surface area (Å²) in [6, 6.07) is 3.36. The van der Waals surface area contributed by atoms with Crippen LogP contribution in [-0.4, -0.2) is 30.5 Å². The lowest BCUT2D eigenvalue weighted by Crippen LogP contribution is -2.34. The second kappa shape index (κ2) is 6.36. The first kappa shape index (κ1) is 15.9. The summed E-state index contributed by atoms with van der Waals surface area (Å²) < 4.78 is 37.5. The molecule has 0 spiro atoms. The molecule has 0 aromatic heterocycles. The Morgan fingerprint density at radius 1 is 1.40 bits per heavy atom. The van der Waals surface area contributed by atoms with Crippen molar-refractivity contribution in [3.63, 3.8) is 0 Å². The molecule has 0 radical (unpaired) electrons. The summed E-state index contributed by atoms with van der Waals surface area (Å²) >= 11 is 0. The average molecular weight is 290 g/mol. The van der Waals surface area contributed by atoms with Gasteiger partial charge in [-0.15, -0.1) is 0 Å². The van der Waals surface area contributed by atoms with Crippen molar-refractivity contribution in [2.75, 3.05) is 18.0 Å². The Hall–Kier alpha value is -2.12. The smallest absolute Gasteiger partial charge is 0.363 e. The molecule has 0 aliphatic rings. The molecule has 110 valence electrons. The molecule has 0 aliphatic carbocycles. The van der Waals surface area contributed by atoms with E-state index in [1.807, 2.05) is 0 Å². The van der Waals surface area contributed by atoms with Crippen LogP contribution in [0.25, 0.3) is 0 Å². The number of alkyl halides is 3. The van der Waals surface area contributed by atoms with E-state index in [1.165, 1.54) is 6.07 Å². The maximum atomic E-state index is 12.5. The Morgan fingerprint density at radius 2 is 2.05 bits per heavy atom. The van der Waals surface area contributed by atoms with Crippen molar-refractivity contribution in [1.82, 2.24) is 0 Å². The lowest BCUT2D eigenvalue weighted by Gasteiger charge is -2.25. The van der Waals surface area contributed by atoms with Crippen LogP contribution >= 0.6 is 0 Å². The van der Waals surface area contributed by atoms with Crippen molar-refractivity contribution in [1.29, 1.82) is 0 Å². The van der Waals surface area contributed by atoms with E-state index in [9.17, 15) is 28.1 Å². The summed E-state index contributed by atoms with van der Waals surface area (Å²) in [7, 11) is 0. The SMILES string of the molecule is CCCN(CC(F)(F)F)c1ccc([N+](=O)[O-])c(C=O)c1. The number of carbonyl (C=O) groups excluding carboxylic acids is 1. The topological polar surface area (TPSA) is 63.4 Å². The normalized spacial score (nSPS) is 11.2. The van der Waals surface area contributed by atoms with E-state index in [4.69, 9.17) is 0 Å². The van der Waals surface area contributed by atoms with Crippen LogP contribution in [-0.2, 0) is 0 Å². The highest BCUT2D eigenvalue weighted by Gasteiger charge is 2.31. The summed E-state index contributed by atoms with van der Waals surface area (Å²) in [6.45, 7) is 0.683. The lowest BCUT2D eigenvalue weighted by molar-refractivity contribution is -0.385. The molecule has 1 rings (SSSR count). The van der Waals surface area contributed by atoms with Gasteiger partial charge in [-0.1, -0.05) is 6.92 Å². The van der Waals surface area contributed by atoms with Gasteiger partial charge in [0.15, 0.2) is 6.29 Å². The van der Waals surface area contributed by atoms with Crippen molar-refractivity contribution in [2.24, 2.45) is 0 Å². The molecule has 0 bridgehead atoms. The fourth-order valence-corrected chi connectivity index (χ4v) is 1.79. The number of nitrogens with zero attached hydrogens (tertiary/aromatic N) is 2. The molecule has 0 atom stereocenters. The Balaban J connectivity index is 3.14. The highest BCUT2D eigenvalue weighted by molar-refractivity contribution is 5.83. The van der Waals surface area contributed by atoms with Crippen LogP contribution in [0.5, 0.6) is 0 Å².